The number of rotatable bonds is 3. The lowest BCUT2D eigenvalue weighted by Gasteiger charge is -2.37. The third kappa shape index (κ3) is 4.42. The zero-order chi connectivity index (χ0) is 12.3. The van der Waals surface area contributed by atoms with Crippen molar-refractivity contribution in [1.29, 1.82) is 0 Å². The number of amides is 2. The second-order valence-corrected chi connectivity index (χ2v) is 6.48. The molecule has 1 fully saturated rings. The van der Waals surface area contributed by atoms with Crippen LogP contribution in [0.5, 0.6) is 0 Å². The van der Waals surface area contributed by atoms with E-state index in [1.165, 1.54) is 12.8 Å². The van der Waals surface area contributed by atoms with E-state index in [9.17, 15) is 4.79 Å². The SMILES string of the molecule is CN(C)C(=O)N[C@H]1C[C@@H](CCC(C)(C)C)C1. The van der Waals surface area contributed by atoms with Crippen molar-refractivity contribution in [2.24, 2.45) is 11.3 Å². The van der Waals surface area contributed by atoms with Gasteiger partial charge in [0.1, 0.15) is 0 Å². The van der Waals surface area contributed by atoms with Gasteiger partial charge in [0.25, 0.3) is 0 Å². The van der Waals surface area contributed by atoms with Gasteiger partial charge in [0, 0.05) is 20.1 Å². The molecule has 1 aliphatic rings. The lowest BCUT2D eigenvalue weighted by atomic mass is 9.74. The topological polar surface area (TPSA) is 32.3 Å². The molecule has 0 spiro atoms. The van der Waals surface area contributed by atoms with E-state index in [1.807, 2.05) is 0 Å². The highest BCUT2D eigenvalue weighted by Crippen LogP contribution is 2.34. The Labute approximate surface area is 99.6 Å². The Morgan fingerprint density at radius 3 is 2.31 bits per heavy atom. The molecule has 3 nitrogen and oxygen atoms in total. The molecule has 1 rings (SSSR count). The summed E-state index contributed by atoms with van der Waals surface area (Å²) < 4.78 is 0. The van der Waals surface area contributed by atoms with Gasteiger partial charge in [-0.15, -0.1) is 0 Å². The minimum Gasteiger partial charge on any atom is -0.335 e. The van der Waals surface area contributed by atoms with Gasteiger partial charge >= 0.3 is 6.03 Å². The molecule has 0 atom stereocenters. The summed E-state index contributed by atoms with van der Waals surface area (Å²) >= 11 is 0. The molecule has 16 heavy (non-hydrogen) atoms. The summed E-state index contributed by atoms with van der Waals surface area (Å²) in [5, 5.41) is 3.03. The fraction of sp³-hybridized carbons (Fsp3) is 0.923. The van der Waals surface area contributed by atoms with E-state index in [0.717, 1.165) is 18.8 Å². The van der Waals surface area contributed by atoms with Crippen LogP contribution in [0.4, 0.5) is 4.79 Å². The van der Waals surface area contributed by atoms with Crippen LogP contribution in [0.1, 0.15) is 46.5 Å². The Bertz CT molecular complexity index is 237. The predicted octanol–water partition coefficient (Wildman–Crippen LogP) is 2.86. The summed E-state index contributed by atoms with van der Waals surface area (Å²) in [4.78, 5) is 13.0. The number of urea groups is 1. The van der Waals surface area contributed by atoms with Crippen LogP contribution in [0.25, 0.3) is 0 Å². The first kappa shape index (κ1) is 13.3. The summed E-state index contributed by atoms with van der Waals surface area (Å²) in [6, 6.07) is 0.458. The second kappa shape index (κ2) is 5.07. The average molecular weight is 226 g/mol. The highest BCUT2D eigenvalue weighted by Gasteiger charge is 2.31. The minimum absolute atomic E-state index is 0.0410. The van der Waals surface area contributed by atoms with Gasteiger partial charge in [0.15, 0.2) is 0 Å². The van der Waals surface area contributed by atoms with Crippen molar-refractivity contribution in [2.75, 3.05) is 14.1 Å². The van der Waals surface area contributed by atoms with Crippen LogP contribution >= 0.6 is 0 Å². The number of hydrogen-bond acceptors (Lipinski definition) is 1. The molecule has 94 valence electrons. The molecule has 0 aromatic carbocycles. The van der Waals surface area contributed by atoms with Crippen LogP contribution in [0, 0.1) is 11.3 Å². The van der Waals surface area contributed by atoms with E-state index in [1.54, 1.807) is 19.0 Å². The first-order chi connectivity index (χ1) is 7.28. The summed E-state index contributed by atoms with van der Waals surface area (Å²) in [6.07, 6.45) is 4.91. The van der Waals surface area contributed by atoms with Crippen LogP contribution in [0.2, 0.25) is 0 Å². The molecule has 0 radical (unpaired) electrons. The van der Waals surface area contributed by atoms with Gasteiger partial charge < -0.3 is 10.2 Å². The van der Waals surface area contributed by atoms with Crippen LogP contribution in [-0.4, -0.2) is 31.1 Å². The molecule has 1 aliphatic carbocycles. The third-order valence-electron chi connectivity index (χ3n) is 3.27. The van der Waals surface area contributed by atoms with Crippen molar-refractivity contribution in [3.05, 3.63) is 0 Å². The number of nitrogens with one attached hydrogen (secondary N) is 1. The molecule has 1 N–H and O–H groups in total. The lowest BCUT2D eigenvalue weighted by molar-refractivity contribution is 0.169. The first-order valence-electron chi connectivity index (χ1n) is 6.26. The first-order valence-corrected chi connectivity index (χ1v) is 6.26. The average Bonchev–Trinajstić information content (AvgIpc) is 2.06. The quantitative estimate of drug-likeness (QED) is 0.788. The van der Waals surface area contributed by atoms with Crippen molar-refractivity contribution in [3.8, 4) is 0 Å². The molecule has 0 aromatic rings. The lowest BCUT2D eigenvalue weighted by Crippen LogP contribution is -2.48. The van der Waals surface area contributed by atoms with Gasteiger partial charge in [-0.1, -0.05) is 20.8 Å². The molecule has 0 aliphatic heterocycles. The summed E-state index contributed by atoms with van der Waals surface area (Å²) in [5.74, 6) is 0.826. The summed E-state index contributed by atoms with van der Waals surface area (Å²) in [6.45, 7) is 6.87. The van der Waals surface area contributed by atoms with Crippen LogP contribution in [0.3, 0.4) is 0 Å². The molecular weight excluding hydrogens is 200 g/mol. The van der Waals surface area contributed by atoms with Crippen molar-refractivity contribution < 1.29 is 4.79 Å². The molecule has 0 unspecified atom stereocenters. The molecule has 1 saturated carbocycles. The Hall–Kier alpha value is -0.730. The molecule has 0 saturated heterocycles. The predicted molar refractivity (Wildman–Crippen MR) is 67.4 cm³/mol. The van der Waals surface area contributed by atoms with E-state index in [4.69, 9.17) is 0 Å². The van der Waals surface area contributed by atoms with E-state index in [-0.39, 0.29) is 6.03 Å². The maximum absolute atomic E-state index is 11.4. The summed E-state index contributed by atoms with van der Waals surface area (Å²) in [7, 11) is 3.57. The van der Waals surface area contributed by atoms with Crippen molar-refractivity contribution in [2.45, 2.75) is 52.5 Å². The van der Waals surface area contributed by atoms with Crippen molar-refractivity contribution in [3.63, 3.8) is 0 Å². The number of carbonyl (C=O) groups is 1. The summed E-state index contributed by atoms with van der Waals surface area (Å²) in [5.41, 5.74) is 0.442. The third-order valence-corrected chi connectivity index (χ3v) is 3.27. The molecule has 3 heteroatoms. The van der Waals surface area contributed by atoms with Crippen LogP contribution < -0.4 is 5.32 Å². The maximum atomic E-state index is 11.4. The van der Waals surface area contributed by atoms with Crippen molar-refractivity contribution >= 4 is 6.03 Å². The zero-order valence-electron chi connectivity index (χ0n) is 11.3. The Kier molecular flexibility index (Phi) is 4.22. The van der Waals surface area contributed by atoms with Crippen LogP contribution in [0.15, 0.2) is 0 Å². The molecule has 0 bridgehead atoms. The fourth-order valence-electron chi connectivity index (χ4n) is 2.03. The molecule has 0 aromatic heterocycles. The fourth-order valence-corrected chi connectivity index (χ4v) is 2.03. The molecule has 2 amide bonds. The zero-order valence-corrected chi connectivity index (χ0v) is 11.3. The van der Waals surface area contributed by atoms with Crippen LogP contribution in [-0.2, 0) is 0 Å². The van der Waals surface area contributed by atoms with Gasteiger partial charge in [-0.05, 0) is 37.0 Å². The Morgan fingerprint density at radius 1 is 1.31 bits per heavy atom. The van der Waals surface area contributed by atoms with E-state index >= 15 is 0 Å². The number of nitrogens with zero attached hydrogens (tertiary/aromatic N) is 1. The van der Waals surface area contributed by atoms with E-state index < -0.39 is 0 Å². The second-order valence-electron chi connectivity index (χ2n) is 6.48. The van der Waals surface area contributed by atoms with Gasteiger partial charge in [0.05, 0.1) is 0 Å². The van der Waals surface area contributed by atoms with Gasteiger partial charge in [-0.25, -0.2) is 4.79 Å². The normalized spacial score (nSPS) is 24.8. The van der Waals surface area contributed by atoms with Gasteiger partial charge in [-0.2, -0.15) is 0 Å². The standard InChI is InChI=1S/C13H26N2O/c1-13(2,3)7-6-10-8-11(9-10)14-12(16)15(4)5/h10-11H,6-9H2,1-5H3,(H,14,16)/t10-,11+. The van der Waals surface area contributed by atoms with Crippen molar-refractivity contribution in [1.82, 2.24) is 10.2 Å². The highest BCUT2D eigenvalue weighted by molar-refractivity contribution is 5.73. The minimum atomic E-state index is 0.0410. The maximum Gasteiger partial charge on any atom is 0.317 e. The van der Waals surface area contributed by atoms with Gasteiger partial charge in [-0.3, -0.25) is 0 Å². The highest BCUT2D eigenvalue weighted by atomic mass is 16.2. The Balaban J connectivity index is 2.12. The van der Waals surface area contributed by atoms with E-state index in [2.05, 4.69) is 26.1 Å². The smallest absolute Gasteiger partial charge is 0.317 e. The van der Waals surface area contributed by atoms with Gasteiger partial charge in [0.2, 0.25) is 0 Å². The molecular formula is C13H26N2O. The van der Waals surface area contributed by atoms with E-state index in [0.29, 0.717) is 11.5 Å². The largest absolute Gasteiger partial charge is 0.335 e. The number of hydrogen-bond donors (Lipinski definition) is 1. The Morgan fingerprint density at radius 2 is 1.88 bits per heavy atom. The monoisotopic (exact) mass is 226 g/mol. The number of carbonyl (C=O) groups excluding carboxylic acids is 1. The molecule has 0 heterocycles.